The van der Waals surface area contributed by atoms with Crippen molar-refractivity contribution < 1.29 is 18.3 Å². The van der Waals surface area contributed by atoms with Crippen LogP contribution >= 0.6 is 0 Å². The molecule has 0 saturated heterocycles. The lowest BCUT2D eigenvalue weighted by atomic mass is 9.85. The van der Waals surface area contributed by atoms with Crippen LogP contribution in [0.3, 0.4) is 0 Å². The van der Waals surface area contributed by atoms with E-state index >= 15 is 0 Å². The molecule has 1 aromatic rings. The Morgan fingerprint density at radius 3 is 2.28 bits per heavy atom. The second-order valence-corrected chi connectivity index (χ2v) is 7.56. The molecular weight excluding hydrogens is 252 g/mol. The van der Waals surface area contributed by atoms with E-state index in [-0.39, 0.29) is 4.90 Å². The topological polar surface area (TPSA) is 71.4 Å². The molecule has 0 heterocycles. The van der Waals surface area contributed by atoms with Gasteiger partial charge < -0.3 is 5.11 Å². The minimum Gasteiger partial charge on any atom is -0.481 e. The van der Waals surface area contributed by atoms with Crippen LogP contribution in [0.4, 0.5) is 0 Å². The largest absolute Gasteiger partial charge is 0.481 e. The lowest BCUT2D eigenvalue weighted by molar-refractivity contribution is -0.142. The van der Waals surface area contributed by atoms with Gasteiger partial charge >= 0.3 is 5.97 Å². The molecule has 1 aromatic carbocycles. The maximum absolute atomic E-state index is 12.0. The Kier molecular flexibility index (Phi) is 3.86. The number of carboxylic acids is 1. The first-order valence-electron chi connectivity index (χ1n) is 5.68. The first kappa shape index (κ1) is 14.7. The first-order valence-corrected chi connectivity index (χ1v) is 7.22. The molecule has 0 fully saturated rings. The van der Waals surface area contributed by atoms with E-state index in [1.807, 2.05) is 0 Å². The predicted molar refractivity (Wildman–Crippen MR) is 69.4 cm³/mol. The summed E-state index contributed by atoms with van der Waals surface area (Å²) in [4.78, 5) is 11.3. The standard InChI is InChI=1S/C13H18O4S/c1-9(2)18(16,17)11-7-5-6-10(8-11)13(3,4)12(14)15/h5-9H,1-4H3,(H,14,15). The molecule has 4 nitrogen and oxygen atoms in total. The van der Waals surface area contributed by atoms with Crippen molar-refractivity contribution in [3.8, 4) is 0 Å². The number of carboxylic acid groups (broad SMARTS) is 1. The van der Waals surface area contributed by atoms with E-state index in [1.54, 1.807) is 39.8 Å². The maximum Gasteiger partial charge on any atom is 0.313 e. The van der Waals surface area contributed by atoms with Crippen LogP contribution in [-0.4, -0.2) is 24.7 Å². The Balaban J connectivity index is 3.36. The van der Waals surface area contributed by atoms with Gasteiger partial charge in [-0.3, -0.25) is 4.79 Å². The van der Waals surface area contributed by atoms with Crippen molar-refractivity contribution in [2.75, 3.05) is 0 Å². The molecule has 100 valence electrons. The molecule has 0 aliphatic rings. The Bertz CT molecular complexity index is 556. The highest BCUT2D eigenvalue weighted by atomic mass is 32.2. The van der Waals surface area contributed by atoms with E-state index in [9.17, 15) is 13.2 Å². The zero-order valence-electron chi connectivity index (χ0n) is 11.0. The fourth-order valence-corrected chi connectivity index (χ4v) is 2.56. The first-order chi connectivity index (χ1) is 8.10. The van der Waals surface area contributed by atoms with Crippen molar-refractivity contribution in [2.45, 2.75) is 43.3 Å². The highest BCUT2D eigenvalue weighted by Gasteiger charge is 2.30. The lowest BCUT2D eigenvalue weighted by Crippen LogP contribution is -2.28. The van der Waals surface area contributed by atoms with Crippen LogP contribution in [0.2, 0.25) is 0 Å². The van der Waals surface area contributed by atoms with E-state index in [0.29, 0.717) is 5.56 Å². The van der Waals surface area contributed by atoms with Crippen LogP contribution in [0.5, 0.6) is 0 Å². The molecule has 1 rings (SSSR count). The van der Waals surface area contributed by atoms with Crippen molar-refractivity contribution in [3.63, 3.8) is 0 Å². The van der Waals surface area contributed by atoms with E-state index in [2.05, 4.69) is 0 Å². The van der Waals surface area contributed by atoms with Crippen LogP contribution in [0, 0.1) is 0 Å². The summed E-state index contributed by atoms with van der Waals surface area (Å²) < 4.78 is 24.1. The predicted octanol–water partition coefficient (Wildman–Crippen LogP) is 2.23. The zero-order valence-corrected chi connectivity index (χ0v) is 11.8. The van der Waals surface area contributed by atoms with Gasteiger partial charge in [0.25, 0.3) is 0 Å². The molecule has 0 radical (unpaired) electrons. The van der Waals surface area contributed by atoms with Crippen molar-refractivity contribution >= 4 is 15.8 Å². The van der Waals surface area contributed by atoms with Crippen molar-refractivity contribution in [1.82, 2.24) is 0 Å². The normalized spacial score (nSPS) is 12.7. The van der Waals surface area contributed by atoms with Crippen molar-refractivity contribution in [3.05, 3.63) is 29.8 Å². The third kappa shape index (κ3) is 2.56. The Morgan fingerprint density at radius 1 is 1.28 bits per heavy atom. The molecule has 1 N–H and O–H groups in total. The van der Waals surface area contributed by atoms with E-state index in [0.717, 1.165) is 0 Å². The van der Waals surface area contributed by atoms with Crippen LogP contribution in [0.1, 0.15) is 33.3 Å². The monoisotopic (exact) mass is 270 g/mol. The van der Waals surface area contributed by atoms with Crippen LogP contribution in [0.25, 0.3) is 0 Å². The SMILES string of the molecule is CC(C)S(=O)(=O)c1cccc(C(C)(C)C(=O)O)c1. The third-order valence-corrected chi connectivity index (χ3v) is 5.19. The zero-order chi connectivity index (χ0) is 14.1. The van der Waals surface area contributed by atoms with Crippen molar-refractivity contribution in [1.29, 1.82) is 0 Å². The molecule has 0 unspecified atom stereocenters. The highest BCUT2D eigenvalue weighted by molar-refractivity contribution is 7.92. The molecule has 0 aliphatic heterocycles. The summed E-state index contributed by atoms with van der Waals surface area (Å²) in [7, 11) is -3.38. The third-order valence-electron chi connectivity index (χ3n) is 3.04. The van der Waals surface area contributed by atoms with Gasteiger partial charge in [-0.2, -0.15) is 0 Å². The van der Waals surface area contributed by atoms with Gasteiger partial charge in [0.2, 0.25) is 0 Å². The molecular formula is C13H18O4S. The summed E-state index contributed by atoms with van der Waals surface area (Å²) in [6, 6.07) is 6.16. The number of aliphatic carboxylic acids is 1. The summed E-state index contributed by atoms with van der Waals surface area (Å²) in [6.45, 7) is 6.31. The molecule has 0 bridgehead atoms. The minimum atomic E-state index is -3.38. The van der Waals surface area contributed by atoms with Gasteiger partial charge in [0.05, 0.1) is 15.6 Å². The Morgan fingerprint density at radius 2 is 1.83 bits per heavy atom. The Labute approximate surface area is 108 Å². The summed E-state index contributed by atoms with van der Waals surface area (Å²) >= 11 is 0. The second kappa shape index (κ2) is 4.72. The number of hydrogen-bond acceptors (Lipinski definition) is 3. The fourth-order valence-electron chi connectivity index (χ4n) is 1.46. The smallest absolute Gasteiger partial charge is 0.313 e. The van der Waals surface area contributed by atoms with E-state index in [4.69, 9.17) is 5.11 Å². The number of carbonyl (C=O) groups is 1. The molecule has 18 heavy (non-hydrogen) atoms. The van der Waals surface area contributed by atoms with Crippen LogP contribution < -0.4 is 0 Å². The van der Waals surface area contributed by atoms with E-state index < -0.39 is 26.5 Å². The fraction of sp³-hybridized carbons (Fsp3) is 0.462. The maximum atomic E-state index is 12.0. The van der Waals surface area contributed by atoms with Gasteiger partial charge in [-0.15, -0.1) is 0 Å². The van der Waals surface area contributed by atoms with Gasteiger partial charge in [-0.1, -0.05) is 12.1 Å². The van der Waals surface area contributed by atoms with Gasteiger partial charge in [-0.05, 0) is 45.4 Å². The second-order valence-electron chi connectivity index (χ2n) is 5.05. The molecule has 0 amide bonds. The number of sulfone groups is 1. The number of benzene rings is 1. The lowest BCUT2D eigenvalue weighted by Gasteiger charge is -2.20. The molecule has 0 aliphatic carbocycles. The molecule has 0 saturated carbocycles. The van der Waals surface area contributed by atoms with Gasteiger partial charge in [0.1, 0.15) is 0 Å². The highest BCUT2D eigenvalue weighted by Crippen LogP contribution is 2.26. The molecule has 0 atom stereocenters. The van der Waals surface area contributed by atoms with Crippen LogP contribution in [0.15, 0.2) is 29.2 Å². The summed E-state index contributed by atoms with van der Waals surface area (Å²) in [5, 5.41) is 8.62. The quantitative estimate of drug-likeness (QED) is 0.910. The number of rotatable bonds is 4. The van der Waals surface area contributed by atoms with Gasteiger partial charge in [-0.25, -0.2) is 8.42 Å². The Hall–Kier alpha value is -1.36. The van der Waals surface area contributed by atoms with Crippen LogP contribution in [-0.2, 0) is 20.0 Å². The molecule has 0 aromatic heterocycles. The van der Waals surface area contributed by atoms with Gasteiger partial charge in [0, 0.05) is 0 Å². The summed E-state index contributed by atoms with van der Waals surface area (Å²) in [6.07, 6.45) is 0. The summed E-state index contributed by atoms with van der Waals surface area (Å²) in [5.41, 5.74) is -0.626. The average molecular weight is 270 g/mol. The van der Waals surface area contributed by atoms with Crippen molar-refractivity contribution in [2.24, 2.45) is 0 Å². The van der Waals surface area contributed by atoms with Gasteiger partial charge in [0.15, 0.2) is 9.84 Å². The summed E-state index contributed by atoms with van der Waals surface area (Å²) in [5.74, 6) is -0.985. The minimum absolute atomic E-state index is 0.171. The number of hydrogen-bond donors (Lipinski definition) is 1. The average Bonchev–Trinajstić information content (AvgIpc) is 2.28. The van der Waals surface area contributed by atoms with E-state index in [1.165, 1.54) is 12.1 Å². The molecule has 5 heteroatoms. The molecule has 0 spiro atoms.